The van der Waals surface area contributed by atoms with E-state index in [2.05, 4.69) is 42.3 Å². The molecule has 1 aromatic heterocycles. The highest BCUT2D eigenvalue weighted by molar-refractivity contribution is 6.11. The minimum Gasteiger partial charge on any atom is -0.360 e. The molecule has 0 spiro atoms. The Kier molecular flexibility index (Phi) is 3.73. The summed E-state index contributed by atoms with van der Waals surface area (Å²) < 4.78 is 0. The lowest BCUT2D eigenvalue weighted by atomic mass is 10.1. The lowest BCUT2D eigenvalue weighted by Gasteiger charge is -2.26. The van der Waals surface area contributed by atoms with Gasteiger partial charge in [-0.3, -0.25) is 14.7 Å². The Morgan fingerprint density at radius 2 is 1.68 bits per heavy atom. The zero-order valence-corrected chi connectivity index (χ0v) is 14.2. The molecule has 1 amide bonds. The summed E-state index contributed by atoms with van der Waals surface area (Å²) in [5, 5.41) is 3.50. The number of benzene rings is 2. The van der Waals surface area contributed by atoms with E-state index in [1.54, 1.807) is 17.2 Å². The first-order valence-electron chi connectivity index (χ1n) is 8.32. The molecule has 0 radical (unpaired) electrons. The van der Waals surface area contributed by atoms with Crippen LogP contribution < -0.4 is 10.2 Å². The second-order valence-corrected chi connectivity index (χ2v) is 6.37. The van der Waals surface area contributed by atoms with Crippen LogP contribution in [0.15, 0.2) is 66.9 Å². The molecule has 1 aliphatic rings. The molecule has 1 unspecified atom stereocenters. The number of nitrogens with zero attached hydrogens (tertiary/aromatic N) is 2. The number of aromatic nitrogens is 1. The topological polar surface area (TPSA) is 45.2 Å². The molecule has 2 heterocycles. The van der Waals surface area contributed by atoms with Gasteiger partial charge in [-0.2, -0.15) is 0 Å². The third-order valence-corrected chi connectivity index (χ3v) is 4.36. The maximum atomic E-state index is 13.0. The van der Waals surface area contributed by atoms with Crippen molar-refractivity contribution in [3.8, 4) is 0 Å². The molecule has 124 valence electrons. The number of hydrogen-bond donors (Lipinski definition) is 1. The number of carbonyl (C=O) groups is 1. The molecule has 1 N–H and O–H groups in total. The Bertz CT molecular complexity index is 917. The van der Waals surface area contributed by atoms with E-state index >= 15 is 0 Å². The van der Waals surface area contributed by atoms with Gasteiger partial charge in [0.2, 0.25) is 0 Å². The van der Waals surface area contributed by atoms with Crippen LogP contribution in [0.25, 0.3) is 0 Å². The maximum absolute atomic E-state index is 13.0. The molecule has 0 bridgehead atoms. The van der Waals surface area contributed by atoms with E-state index in [0.29, 0.717) is 5.56 Å². The van der Waals surface area contributed by atoms with E-state index in [4.69, 9.17) is 0 Å². The van der Waals surface area contributed by atoms with Gasteiger partial charge in [-0.05, 0) is 61.4 Å². The van der Waals surface area contributed by atoms with Crippen LogP contribution in [-0.4, -0.2) is 10.9 Å². The van der Waals surface area contributed by atoms with Gasteiger partial charge in [0.1, 0.15) is 0 Å². The maximum Gasteiger partial charge on any atom is 0.262 e. The molecule has 4 rings (SSSR count). The van der Waals surface area contributed by atoms with Crippen LogP contribution in [0.3, 0.4) is 0 Å². The molecule has 2 aromatic carbocycles. The van der Waals surface area contributed by atoms with Crippen LogP contribution >= 0.6 is 0 Å². The van der Waals surface area contributed by atoms with E-state index in [9.17, 15) is 4.79 Å². The molecule has 0 aliphatic carbocycles. The molecular weight excluding hydrogens is 310 g/mol. The highest BCUT2D eigenvalue weighted by Crippen LogP contribution is 2.36. The first-order valence-corrected chi connectivity index (χ1v) is 8.32. The number of anilines is 2. The molecule has 0 saturated carbocycles. The summed E-state index contributed by atoms with van der Waals surface area (Å²) in [6.07, 6.45) is 1.41. The zero-order chi connectivity index (χ0) is 17.4. The summed E-state index contributed by atoms with van der Waals surface area (Å²) >= 11 is 0. The van der Waals surface area contributed by atoms with Gasteiger partial charge in [0, 0.05) is 17.6 Å². The van der Waals surface area contributed by atoms with Gasteiger partial charge in [-0.15, -0.1) is 0 Å². The van der Waals surface area contributed by atoms with Crippen molar-refractivity contribution in [2.75, 3.05) is 10.2 Å². The molecule has 4 heteroatoms. The van der Waals surface area contributed by atoms with Crippen molar-refractivity contribution < 1.29 is 4.79 Å². The normalized spacial score (nSPS) is 16.0. The summed E-state index contributed by atoms with van der Waals surface area (Å²) in [6.45, 7) is 4.14. The number of aryl methyl sites for hydroxylation is 2. The number of hydrogen-bond acceptors (Lipinski definition) is 3. The van der Waals surface area contributed by atoms with Crippen LogP contribution in [0, 0.1) is 13.8 Å². The first-order chi connectivity index (χ1) is 12.1. The van der Waals surface area contributed by atoms with Gasteiger partial charge >= 0.3 is 0 Å². The van der Waals surface area contributed by atoms with E-state index in [1.165, 1.54) is 11.1 Å². The van der Waals surface area contributed by atoms with Gasteiger partial charge in [-0.1, -0.05) is 24.3 Å². The number of amides is 1. The molecule has 1 aliphatic heterocycles. The third kappa shape index (κ3) is 2.76. The van der Waals surface area contributed by atoms with Crippen molar-refractivity contribution in [2.45, 2.75) is 20.0 Å². The predicted molar refractivity (Wildman–Crippen MR) is 99.8 cm³/mol. The van der Waals surface area contributed by atoms with Crippen molar-refractivity contribution in [1.82, 2.24) is 4.98 Å². The molecule has 0 fully saturated rings. The van der Waals surface area contributed by atoms with Gasteiger partial charge < -0.3 is 5.32 Å². The van der Waals surface area contributed by atoms with Gasteiger partial charge in [0.15, 0.2) is 6.17 Å². The fourth-order valence-corrected chi connectivity index (χ4v) is 3.39. The van der Waals surface area contributed by atoms with Crippen molar-refractivity contribution in [1.29, 1.82) is 0 Å². The Balaban J connectivity index is 1.79. The van der Waals surface area contributed by atoms with Crippen molar-refractivity contribution in [3.05, 3.63) is 89.2 Å². The number of nitrogens with one attached hydrogen (secondary N) is 1. The first kappa shape index (κ1) is 15.4. The smallest absolute Gasteiger partial charge is 0.262 e. The fraction of sp³-hybridized carbons (Fsp3) is 0.143. The lowest BCUT2D eigenvalue weighted by molar-refractivity contribution is 0.0993. The molecule has 0 saturated heterocycles. The third-order valence-electron chi connectivity index (χ3n) is 4.36. The van der Waals surface area contributed by atoms with Crippen LogP contribution in [0.2, 0.25) is 0 Å². The predicted octanol–water partition coefficient (Wildman–Crippen LogP) is 4.47. The summed E-state index contributed by atoms with van der Waals surface area (Å²) in [5.41, 5.74) is 5.60. The van der Waals surface area contributed by atoms with Crippen LogP contribution in [0.1, 0.15) is 33.3 Å². The molecular formula is C21H19N3O. The highest BCUT2D eigenvalue weighted by Gasteiger charge is 2.38. The average Bonchev–Trinajstić information content (AvgIpc) is 2.87. The standard InChI is InChI=1S/C21H19N3O/c1-14-11-15(2)13-16(12-14)23-20-19-18(9-6-10-22-19)21(25)24(20)17-7-4-3-5-8-17/h3-13,20,23H,1-2H3. The summed E-state index contributed by atoms with van der Waals surface area (Å²) in [6, 6.07) is 19.7. The molecule has 25 heavy (non-hydrogen) atoms. The monoisotopic (exact) mass is 329 g/mol. The average molecular weight is 329 g/mol. The second kappa shape index (κ2) is 6.06. The van der Waals surface area contributed by atoms with Crippen LogP contribution in [0.5, 0.6) is 0 Å². The Hall–Kier alpha value is -3.14. The van der Waals surface area contributed by atoms with Crippen molar-refractivity contribution in [3.63, 3.8) is 0 Å². The molecule has 1 atom stereocenters. The number of carbonyl (C=O) groups excluding carboxylic acids is 1. The summed E-state index contributed by atoms with van der Waals surface area (Å²) in [4.78, 5) is 19.2. The van der Waals surface area contributed by atoms with Crippen molar-refractivity contribution in [2.24, 2.45) is 0 Å². The Labute approximate surface area is 147 Å². The SMILES string of the molecule is Cc1cc(C)cc(NC2c3ncccc3C(=O)N2c2ccccc2)c1. The number of para-hydroxylation sites is 1. The second-order valence-electron chi connectivity index (χ2n) is 6.37. The largest absolute Gasteiger partial charge is 0.360 e. The Morgan fingerprint density at radius 1 is 0.960 bits per heavy atom. The van der Waals surface area contributed by atoms with E-state index in [1.807, 2.05) is 36.4 Å². The minimum atomic E-state index is -0.327. The molecule has 4 nitrogen and oxygen atoms in total. The summed E-state index contributed by atoms with van der Waals surface area (Å²) in [5.74, 6) is -0.0313. The van der Waals surface area contributed by atoms with E-state index in [-0.39, 0.29) is 12.1 Å². The number of pyridine rings is 1. The quantitative estimate of drug-likeness (QED) is 0.771. The highest BCUT2D eigenvalue weighted by atomic mass is 16.2. The van der Waals surface area contributed by atoms with Gasteiger partial charge in [0.25, 0.3) is 5.91 Å². The summed E-state index contributed by atoms with van der Waals surface area (Å²) in [7, 11) is 0. The van der Waals surface area contributed by atoms with Crippen LogP contribution in [0.4, 0.5) is 11.4 Å². The Morgan fingerprint density at radius 3 is 2.40 bits per heavy atom. The molecule has 3 aromatic rings. The van der Waals surface area contributed by atoms with Crippen molar-refractivity contribution >= 4 is 17.3 Å². The van der Waals surface area contributed by atoms with Crippen LogP contribution in [-0.2, 0) is 0 Å². The number of rotatable bonds is 3. The lowest BCUT2D eigenvalue weighted by Crippen LogP contribution is -2.32. The van der Waals surface area contributed by atoms with E-state index in [0.717, 1.165) is 17.1 Å². The fourth-order valence-electron chi connectivity index (χ4n) is 3.39. The van der Waals surface area contributed by atoms with Gasteiger partial charge in [-0.25, -0.2) is 0 Å². The minimum absolute atomic E-state index is 0.0313. The number of fused-ring (bicyclic) bond motifs is 1. The zero-order valence-electron chi connectivity index (χ0n) is 14.2. The van der Waals surface area contributed by atoms with E-state index < -0.39 is 0 Å². The van der Waals surface area contributed by atoms with Gasteiger partial charge in [0.05, 0.1) is 11.3 Å².